The molecule has 1 unspecified atom stereocenters. The van der Waals surface area contributed by atoms with Crippen molar-refractivity contribution in [3.05, 3.63) is 24.2 Å². The van der Waals surface area contributed by atoms with Crippen molar-refractivity contribution in [2.24, 2.45) is 5.92 Å². The number of nitrogens with two attached hydrogens (primary N) is 1. The van der Waals surface area contributed by atoms with Crippen LogP contribution in [0.25, 0.3) is 5.52 Å². The summed E-state index contributed by atoms with van der Waals surface area (Å²) in [5, 5.41) is 13.9. The summed E-state index contributed by atoms with van der Waals surface area (Å²) in [6.45, 7) is 5.11. The Morgan fingerprint density at radius 3 is 2.86 bits per heavy atom. The maximum Gasteiger partial charge on any atom is 0.231 e. The van der Waals surface area contributed by atoms with Gasteiger partial charge in [0.2, 0.25) is 5.60 Å². The molecule has 3 heterocycles. The van der Waals surface area contributed by atoms with Crippen LogP contribution in [0.5, 0.6) is 0 Å². The summed E-state index contributed by atoms with van der Waals surface area (Å²) in [5.74, 6) is -0.144. The molecule has 4 atom stereocenters. The fraction of sp³-hybridized carbons (Fsp3) is 0.533. The van der Waals surface area contributed by atoms with Gasteiger partial charge in [-0.2, -0.15) is 10.4 Å². The highest BCUT2D eigenvalue weighted by atomic mass is 19.1. The summed E-state index contributed by atoms with van der Waals surface area (Å²) >= 11 is 0. The molecule has 0 saturated carbocycles. The number of alkyl halides is 1. The summed E-state index contributed by atoms with van der Waals surface area (Å²) in [4.78, 5) is 3.91. The molecule has 1 aliphatic heterocycles. The molecule has 6 nitrogen and oxygen atoms in total. The fourth-order valence-corrected chi connectivity index (χ4v) is 3.27. The second kappa shape index (κ2) is 4.65. The van der Waals surface area contributed by atoms with Crippen molar-refractivity contribution in [2.75, 3.05) is 5.73 Å². The summed E-state index contributed by atoms with van der Waals surface area (Å²) in [6, 6.07) is 5.36. The van der Waals surface area contributed by atoms with E-state index in [0.717, 1.165) is 0 Å². The third-order valence-corrected chi connectivity index (χ3v) is 4.83. The van der Waals surface area contributed by atoms with Gasteiger partial charge in [-0.1, -0.05) is 13.8 Å². The van der Waals surface area contributed by atoms with E-state index in [2.05, 4.69) is 16.2 Å². The average molecular weight is 303 g/mol. The number of hydrogen-bond donors (Lipinski definition) is 1. The van der Waals surface area contributed by atoms with Gasteiger partial charge in [0, 0.05) is 5.92 Å². The van der Waals surface area contributed by atoms with E-state index in [-0.39, 0.29) is 11.9 Å². The van der Waals surface area contributed by atoms with E-state index in [0.29, 0.717) is 17.6 Å². The fourth-order valence-electron chi connectivity index (χ4n) is 3.27. The lowest BCUT2D eigenvalue weighted by molar-refractivity contribution is -0.0616. The number of anilines is 1. The molecule has 0 spiro atoms. The number of nitriles is 1. The van der Waals surface area contributed by atoms with Crippen LogP contribution in [0, 0.1) is 17.2 Å². The second-order valence-electron chi connectivity index (χ2n) is 5.88. The number of halogens is 1. The minimum atomic E-state index is -1.85. The lowest BCUT2D eigenvalue weighted by Gasteiger charge is -2.31. The number of nitrogen functional groups attached to an aromatic ring is 1. The predicted octanol–water partition coefficient (Wildman–Crippen LogP) is 2.20. The molecule has 1 saturated heterocycles. The van der Waals surface area contributed by atoms with Crippen LogP contribution in [0.15, 0.2) is 18.5 Å². The summed E-state index contributed by atoms with van der Waals surface area (Å²) < 4.78 is 22.9. The minimum absolute atomic E-state index is 0.271. The average Bonchev–Trinajstić information content (AvgIpc) is 3.01. The van der Waals surface area contributed by atoms with E-state index in [1.54, 1.807) is 19.1 Å². The van der Waals surface area contributed by atoms with Gasteiger partial charge in [0.15, 0.2) is 11.5 Å². The monoisotopic (exact) mass is 303 g/mol. The first kappa shape index (κ1) is 14.7. The molecular formula is C15H18FN5O. The molecule has 0 amide bonds. The molecule has 2 N–H and O–H groups in total. The molecule has 3 rings (SSSR count). The molecule has 1 fully saturated rings. The van der Waals surface area contributed by atoms with Gasteiger partial charge in [-0.3, -0.25) is 0 Å². The highest BCUT2D eigenvalue weighted by Gasteiger charge is 2.65. The van der Waals surface area contributed by atoms with Crippen LogP contribution in [-0.4, -0.2) is 26.4 Å². The van der Waals surface area contributed by atoms with E-state index < -0.39 is 17.2 Å². The first-order valence-corrected chi connectivity index (χ1v) is 7.25. The molecule has 1 aliphatic rings. The standard InChI is InChI=1S/C15H18FN5O/c1-4-11-9(2)14(3,16)15(7-17,22-11)12-6-5-10-13(18)19-8-20-21(10)12/h5-6,8-9,11H,4H2,1-3H3,(H2,18,19,20)/t9-,11-,14-,15?/m1/s1. The van der Waals surface area contributed by atoms with Crippen LogP contribution in [0.4, 0.5) is 10.2 Å². The Morgan fingerprint density at radius 1 is 1.55 bits per heavy atom. The zero-order chi connectivity index (χ0) is 16.1. The van der Waals surface area contributed by atoms with Crippen LogP contribution in [-0.2, 0) is 10.3 Å². The Morgan fingerprint density at radius 2 is 2.27 bits per heavy atom. The summed E-state index contributed by atoms with van der Waals surface area (Å²) in [6.07, 6.45) is 1.58. The quantitative estimate of drug-likeness (QED) is 0.918. The molecule has 2 aromatic heterocycles. The van der Waals surface area contributed by atoms with E-state index in [9.17, 15) is 5.26 Å². The van der Waals surface area contributed by atoms with Gasteiger partial charge >= 0.3 is 0 Å². The van der Waals surface area contributed by atoms with E-state index in [1.165, 1.54) is 17.8 Å². The zero-order valence-corrected chi connectivity index (χ0v) is 12.7. The zero-order valence-electron chi connectivity index (χ0n) is 12.7. The van der Waals surface area contributed by atoms with Crippen molar-refractivity contribution in [2.45, 2.75) is 44.6 Å². The molecule has 7 heteroatoms. The number of ether oxygens (including phenoxy) is 1. The lowest BCUT2D eigenvalue weighted by atomic mass is 9.77. The van der Waals surface area contributed by atoms with Crippen LogP contribution in [0.3, 0.4) is 0 Å². The Labute approximate surface area is 127 Å². The highest BCUT2D eigenvalue weighted by Crippen LogP contribution is 2.53. The SMILES string of the molecule is CC[C@H]1OC(C#N)(c2ccc3c(N)ncnn23)[C@](C)(F)[C@@H]1C. The second-order valence-corrected chi connectivity index (χ2v) is 5.88. The molecule has 2 aromatic rings. The Bertz CT molecular complexity index is 765. The van der Waals surface area contributed by atoms with Crippen LogP contribution in [0.2, 0.25) is 0 Å². The minimum Gasteiger partial charge on any atom is -0.382 e. The van der Waals surface area contributed by atoms with Crippen molar-refractivity contribution in [3.63, 3.8) is 0 Å². The van der Waals surface area contributed by atoms with Crippen LogP contribution >= 0.6 is 0 Å². The third kappa shape index (κ3) is 1.61. The third-order valence-electron chi connectivity index (χ3n) is 4.83. The van der Waals surface area contributed by atoms with E-state index >= 15 is 4.39 Å². The summed E-state index contributed by atoms with van der Waals surface area (Å²) in [7, 11) is 0. The van der Waals surface area contributed by atoms with Gasteiger partial charge < -0.3 is 10.5 Å². The van der Waals surface area contributed by atoms with E-state index in [1.807, 2.05) is 6.92 Å². The molecular weight excluding hydrogens is 285 g/mol. The topological polar surface area (TPSA) is 89.2 Å². The number of rotatable bonds is 2. The van der Waals surface area contributed by atoms with Crippen molar-refractivity contribution in [3.8, 4) is 6.07 Å². The highest BCUT2D eigenvalue weighted by molar-refractivity contribution is 5.66. The number of hydrogen-bond acceptors (Lipinski definition) is 5. The molecule has 0 aromatic carbocycles. The first-order valence-electron chi connectivity index (χ1n) is 7.25. The van der Waals surface area contributed by atoms with Crippen molar-refractivity contribution in [1.29, 1.82) is 5.26 Å². The van der Waals surface area contributed by atoms with Gasteiger partial charge in [0.25, 0.3) is 0 Å². The Kier molecular flexibility index (Phi) is 3.11. The van der Waals surface area contributed by atoms with Crippen LogP contribution in [0.1, 0.15) is 32.9 Å². The molecule has 0 bridgehead atoms. The van der Waals surface area contributed by atoms with E-state index in [4.69, 9.17) is 10.5 Å². The molecule has 0 aliphatic carbocycles. The van der Waals surface area contributed by atoms with Gasteiger partial charge in [0.1, 0.15) is 17.9 Å². The lowest BCUT2D eigenvalue weighted by Crippen LogP contribution is -2.45. The van der Waals surface area contributed by atoms with Crippen molar-refractivity contribution in [1.82, 2.24) is 14.6 Å². The van der Waals surface area contributed by atoms with Gasteiger partial charge in [-0.25, -0.2) is 13.9 Å². The molecule has 22 heavy (non-hydrogen) atoms. The number of aromatic nitrogens is 3. The first-order chi connectivity index (χ1) is 10.4. The predicted molar refractivity (Wildman–Crippen MR) is 78.5 cm³/mol. The largest absolute Gasteiger partial charge is 0.382 e. The van der Waals surface area contributed by atoms with Gasteiger partial charge in [-0.05, 0) is 25.5 Å². The normalized spacial score (nSPS) is 34.9. The summed E-state index contributed by atoms with van der Waals surface area (Å²) in [5.41, 5.74) is 3.11. The number of fused-ring (bicyclic) bond motifs is 1. The Hall–Kier alpha value is -2.20. The van der Waals surface area contributed by atoms with Gasteiger partial charge in [-0.15, -0.1) is 0 Å². The Balaban J connectivity index is 2.27. The molecule has 116 valence electrons. The van der Waals surface area contributed by atoms with Crippen molar-refractivity contribution >= 4 is 11.3 Å². The number of nitrogens with zero attached hydrogens (tertiary/aromatic N) is 4. The smallest absolute Gasteiger partial charge is 0.231 e. The van der Waals surface area contributed by atoms with Crippen LogP contribution < -0.4 is 5.73 Å². The molecule has 0 radical (unpaired) electrons. The maximum absolute atomic E-state index is 15.5. The van der Waals surface area contributed by atoms with Crippen molar-refractivity contribution < 1.29 is 9.13 Å². The maximum atomic E-state index is 15.5. The van der Waals surface area contributed by atoms with Gasteiger partial charge in [0.05, 0.1) is 11.8 Å².